The van der Waals surface area contributed by atoms with Gasteiger partial charge in [0.25, 0.3) is 0 Å². The predicted octanol–water partition coefficient (Wildman–Crippen LogP) is 5.24. The summed E-state index contributed by atoms with van der Waals surface area (Å²) in [5, 5.41) is 29.0. The summed E-state index contributed by atoms with van der Waals surface area (Å²) in [7, 11) is 0. The second-order valence-corrected chi connectivity index (χ2v) is 8.38. The molecule has 0 unspecified atom stereocenters. The van der Waals surface area contributed by atoms with Gasteiger partial charge in [0.1, 0.15) is 11.5 Å². The maximum atomic E-state index is 11.6. The number of aromatic nitrogens is 3. The van der Waals surface area contributed by atoms with Crippen LogP contribution < -0.4 is 0 Å². The van der Waals surface area contributed by atoms with Crippen molar-refractivity contribution in [3.05, 3.63) is 119 Å². The SMILES string of the molecule is Cc1ccc(C(=O)O)cc1C(=O)O.O=C(O)c1cnc(-c2cccnc2)n1Cc1cccc2ccccc12. The summed E-state index contributed by atoms with van der Waals surface area (Å²) in [6, 6.07) is 21.8. The lowest BCUT2D eigenvalue weighted by Gasteiger charge is -2.12. The number of carbonyl (C=O) groups is 3. The van der Waals surface area contributed by atoms with E-state index < -0.39 is 17.9 Å². The van der Waals surface area contributed by atoms with Gasteiger partial charge in [-0.3, -0.25) is 4.98 Å². The Kier molecular flexibility index (Phi) is 7.58. The number of hydrogen-bond acceptors (Lipinski definition) is 5. The van der Waals surface area contributed by atoms with Gasteiger partial charge in [0.05, 0.1) is 23.9 Å². The van der Waals surface area contributed by atoms with Gasteiger partial charge in [-0.15, -0.1) is 0 Å². The van der Waals surface area contributed by atoms with Crippen molar-refractivity contribution < 1.29 is 29.7 Å². The van der Waals surface area contributed by atoms with Crippen LogP contribution in [0.3, 0.4) is 0 Å². The zero-order valence-electron chi connectivity index (χ0n) is 20.3. The molecule has 0 aliphatic carbocycles. The van der Waals surface area contributed by atoms with Crippen LogP contribution >= 0.6 is 0 Å². The highest BCUT2D eigenvalue weighted by molar-refractivity contribution is 5.94. The molecule has 5 rings (SSSR count). The molecule has 9 nitrogen and oxygen atoms in total. The summed E-state index contributed by atoms with van der Waals surface area (Å²) in [6.45, 7) is 2.04. The van der Waals surface area contributed by atoms with E-state index in [1.54, 1.807) is 23.9 Å². The van der Waals surface area contributed by atoms with E-state index in [0.717, 1.165) is 28.0 Å². The molecule has 0 saturated carbocycles. The molecule has 2 heterocycles. The summed E-state index contributed by atoms with van der Waals surface area (Å²) in [6.07, 6.45) is 4.77. The molecule has 0 amide bonds. The van der Waals surface area contributed by atoms with Crippen molar-refractivity contribution in [3.8, 4) is 11.4 Å². The fourth-order valence-electron chi connectivity index (χ4n) is 4.02. The maximum absolute atomic E-state index is 11.6. The highest BCUT2D eigenvalue weighted by atomic mass is 16.4. The summed E-state index contributed by atoms with van der Waals surface area (Å²) < 4.78 is 1.72. The van der Waals surface area contributed by atoms with E-state index >= 15 is 0 Å². The number of hydrogen-bond donors (Lipinski definition) is 3. The van der Waals surface area contributed by atoms with Gasteiger partial charge in [-0.2, -0.15) is 0 Å². The number of carboxylic acid groups (broad SMARTS) is 3. The molecule has 0 aliphatic heterocycles. The zero-order valence-corrected chi connectivity index (χ0v) is 20.3. The molecule has 5 aromatic rings. The van der Waals surface area contributed by atoms with E-state index in [-0.39, 0.29) is 16.8 Å². The third-order valence-electron chi connectivity index (χ3n) is 5.92. The first kappa shape index (κ1) is 25.8. The lowest BCUT2D eigenvalue weighted by atomic mass is 10.0. The van der Waals surface area contributed by atoms with E-state index in [1.807, 2.05) is 54.6 Å². The van der Waals surface area contributed by atoms with Gasteiger partial charge in [-0.1, -0.05) is 48.5 Å². The van der Waals surface area contributed by atoms with E-state index in [9.17, 15) is 19.5 Å². The van der Waals surface area contributed by atoms with Crippen molar-refractivity contribution in [3.63, 3.8) is 0 Å². The Morgan fingerprint density at radius 2 is 1.58 bits per heavy atom. The Morgan fingerprint density at radius 1 is 0.816 bits per heavy atom. The summed E-state index contributed by atoms with van der Waals surface area (Å²) in [4.78, 5) is 41.2. The zero-order chi connectivity index (χ0) is 27.2. The lowest BCUT2D eigenvalue weighted by molar-refractivity contribution is 0.0675. The van der Waals surface area contributed by atoms with Gasteiger partial charge in [0.2, 0.25) is 0 Å². The highest BCUT2D eigenvalue weighted by Crippen LogP contribution is 2.24. The fraction of sp³-hybridized carbons (Fsp3) is 0.0690. The molecule has 3 N–H and O–H groups in total. The first-order valence-electron chi connectivity index (χ1n) is 11.5. The number of benzene rings is 3. The van der Waals surface area contributed by atoms with Crippen molar-refractivity contribution in [2.24, 2.45) is 0 Å². The number of fused-ring (bicyclic) bond motifs is 1. The Balaban J connectivity index is 0.000000219. The molecule has 0 radical (unpaired) electrons. The van der Waals surface area contributed by atoms with Crippen molar-refractivity contribution >= 4 is 28.7 Å². The van der Waals surface area contributed by atoms with Gasteiger partial charge in [-0.25, -0.2) is 19.4 Å². The number of nitrogens with zero attached hydrogens (tertiary/aromatic N) is 3. The number of imidazole rings is 1. The van der Waals surface area contributed by atoms with Crippen LogP contribution in [-0.4, -0.2) is 47.8 Å². The number of aryl methyl sites for hydroxylation is 1. The topological polar surface area (TPSA) is 143 Å². The molecular weight excluding hydrogens is 486 g/mol. The van der Waals surface area contributed by atoms with Crippen LogP contribution in [0.2, 0.25) is 0 Å². The Bertz CT molecular complexity index is 1640. The monoisotopic (exact) mass is 509 g/mol. The minimum atomic E-state index is -1.12. The lowest BCUT2D eigenvalue weighted by Crippen LogP contribution is -2.11. The normalized spacial score (nSPS) is 10.4. The molecule has 0 spiro atoms. The molecule has 38 heavy (non-hydrogen) atoms. The predicted molar refractivity (Wildman–Crippen MR) is 141 cm³/mol. The van der Waals surface area contributed by atoms with Gasteiger partial charge in [0.15, 0.2) is 0 Å². The van der Waals surface area contributed by atoms with Gasteiger partial charge in [0, 0.05) is 18.0 Å². The van der Waals surface area contributed by atoms with Crippen molar-refractivity contribution in [2.75, 3.05) is 0 Å². The van der Waals surface area contributed by atoms with Gasteiger partial charge in [-0.05, 0) is 53.1 Å². The molecule has 0 bridgehead atoms. The molecule has 3 aromatic carbocycles. The fourth-order valence-corrected chi connectivity index (χ4v) is 4.02. The average Bonchev–Trinajstić information content (AvgIpc) is 3.33. The summed E-state index contributed by atoms with van der Waals surface area (Å²) in [5.41, 5.74) is 2.56. The highest BCUT2D eigenvalue weighted by Gasteiger charge is 2.18. The molecule has 9 heteroatoms. The van der Waals surface area contributed by atoms with E-state index in [0.29, 0.717) is 17.9 Å². The van der Waals surface area contributed by atoms with Crippen molar-refractivity contribution in [1.29, 1.82) is 0 Å². The number of carboxylic acids is 3. The van der Waals surface area contributed by atoms with Gasteiger partial charge < -0.3 is 19.9 Å². The maximum Gasteiger partial charge on any atom is 0.354 e. The Labute approximate surface area is 217 Å². The van der Waals surface area contributed by atoms with Crippen LogP contribution in [0.25, 0.3) is 22.2 Å². The molecule has 2 aromatic heterocycles. The number of rotatable bonds is 6. The Hall–Kier alpha value is -5.31. The smallest absolute Gasteiger partial charge is 0.354 e. The minimum Gasteiger partial charge on any atom is -0.478 e. The Morgan fingerprint density at radius 3 is 2.26 bits per heavy atom. The molecule has 0 atom stereocenters. The van der Waals surface area contributed by atoms with Crippen molar-refractivity contribution in [1.82, 2.24) is 14.5 Å². The largest absolute Gasteiger partial charge is 0.478 e. The van der Waals surface area contributed by atoms with E-state index in [1.165, 1.54) is 18.3 Å². The van der Waals surface area contributed by atoms with Crippen LogP contribution in [0.4, 0.5) is 0 Å². The first-order valence-corrected chi connectivity index (χ1v) is 11.5. The quantitative estimate of drug-likeness (QED) is 0.282. The van der Waals surface area contributed by atoms with Gasteiger partial charge >= 0.3 is 17.9 Å². The number of pyridine rings is 1. The van der Waals surface area contributed by atoms with Crippen LogP contribution in [0.15, 0.2) is 91.4 Å². The average molecular weight is 510 g/mol. The van der Waals surface area contributed by atoms with Crippen LogP contribution in [0.5, 0.6) is 0 Å². The summed E-state index contributed by atoms with van der Waals surface area (Å²) >= 11 is 0. The molecule has 0 aliphatic rings. The molecule has 0 fully saturated rings. The standard InChI is InChI=1S/C20H15N3O2.C9H8O4/c24-20(25)18-12-22-19(15-8-4-10-21-11-15)23(18)13-16-7-3-6-14-5-1-2-9-17(14)16;1-5-2-3-6(8(10)11)4-7(5)9(12)13/h1-12H,13H2,(H,24,25);2-4H,1H3,(H,10,11)(H,12,13). The third kappa shape index (κ3) is 5.57. The van der Waals surface area contributed by atoms with E-state index in [2.05, 4.69) is 9.97 Å². The molecular formula is C29H23N3O6. The second-order valence-electron chi connectivity index (χ2n) is 8.38. The molecule has 190 valence electrons. The number of aromatic carboxylic acids is 3. The summed E-state index contributed by atoms with van der Waals surface area (Å²) in [5.74, 6) is -2.63. The van der Waals surface area contributed by atoms with E-state index in [4.69, 9.17) is 10.2 Å². The van der Waals surface area contributed by atoms with Crippen LogP contribution in [-0.2, 0) is 6.54 Å². The second kappa shape index (κ2) is 11.2. The first-order chi connectivity index (χ1) is 18.3. The molecule has 0 saturated heterocycles. The minimum absolute atomic E-state index is 0.0111. The van der Waals surface area contributed by atoms with Crippen LogP contribution in [0, 0.1) is 6.92 Å². The third-order valence-corrected chi connectivity index (χ3v) is 5.92. The van der Waals surface area contributed by atoms with Crippen molar-refractivity contribution in [2.45, 2.75) is 13.5 Å². The van der Waals surface area contributed by atoms with Crippen LogP contribution in [0.1, 0.15) is 42.3 Å².